The van der Waals surface area contributed by atoms with E-state index in [9.17, 15) is 14.7 Å². The van der Waals surface area contributed by atoms with E-state index in [1.807, 2.05) is 30.3 Å². The molecule has 0 unspecified atom stereocenters. The van der Waals surface area contributed by atoms with Crippen molar-refractivity contribution in [3.05, 3.63) is 88.8 Å². The van der Waals surface area contributed by atoms with Crippen molar-refractivity contribution in [2.45, 2.75) is 6.42 Å². The summed E-state index contributed by atoms with van der Waals surface area (Å²) in [5.41, 5.74) is 2.93. The average molecular weight is 426 g/mol. The molecule has 6 nitrogen and oxygen atoms in total. The number of carboxylic acid groups (broad SMARTS) is 1. The molecule has 0 aliphatic rings. The van der Waals surface area contributed by atoms with Gasteiger partial charge in [-0.1, -0.05) is 30.3 Å². The molecule has 0 aliphatic heterocycles. The summed E-state index contributed by atoms with van der Waals surface area (Å²) < 4.78 is 17.2. The standard InChI is InChI=1S/C26H18O6/c1-30-17-9-7-16(8-10-17)25-19(13-22(27)28)23-21(32-25)12-11-18-24(29)20(14-31-26(18)23)15-5-3-2-4-6-15/h2-12,14H,13H2,1H3,(H,27,28). The van der Waals surface area contributed by atoms with Crippen LogP contribution in [0.1, 0.15) is 5.56 Å². The zero-order valence-electron chi connectivity index (χ0n) is 17.1. The van der Waals surface area contributed by atoms with Crippen LogP contribution in [0.3, 0.4) is 0 Å². The van der Waals surface area contributed by atoms with Gasteiger partial charge in [0, 0.05) is 11.1 Å². The summed E-state index contributed by atoms with van der Waals surface area (Å²) in [6.45, 7) is 0. The van der Waals surface area contributed by atoms with Crippen molar-refractivity contribution >= 4 is 27.9 Å². The van der Waals surface area contributed by atoms with E-state index >= 15 is 0 Å². The Morgan fingerprint density at radius 2 is 1.72 bits per heavy atom. The van der Waals surface area contributed by atoms with Crippen LogP contribution >= 0.6 is 0 Å². The zero-order chi connectivity index (χ0) is 22.2. The largest absolute Gasteiger partial charge is 0.497 e. The van der Waals surface area contributed by atoms with E-state index in [2.05, 4.69) is 0 Å². The third-order valence-electron chi connectivity index (χ3n) is 5.46. The molecule has 3 aromatic carbocycles. The second-order valence-electron chi connectivity index (χ2n) is 7.37. The smallest absolute Gasteiger partial charge is 0.307 e. The number of fused-ring (bicyclic) bond motifs is 3. The highest BCUT2D eigenvalue weighted by molar-refractivity contribution is 6.07. The van der Waals surface area contributed by atoms with Crippen molar-refractivity contribution in [2.75, 3.05) is 7.11 Å². The van der Waals surface area contributed by atoms with Crippen LogP contribution in [0.4, 0.5) is 0 Å². The number of rotatable bonds is 5. The van der Waals surface area contributed by atoms with Gasteiger partial charge in [-0.15, -0.1) is 0 Å². The number of hydrogen-bond acceptors (Lipinski definition) is 5. The molecule has 5 rings (SSSR count). The van der Waals surface area contributed by atoms with Gasteiger partial charge in [0.15, 0.2) is 0 Å². The molecule has 5 aromatic rings. The molecule has 0 saturated carbocycles. The molecule has 2 aromatic heterocycles. The Labute approximate surface area is 182 Å². The van der Waals surface area contributed by atoms with Crippen LogP contribution in [-0.2, 0) is 11.2 Å². The number of benzene rings is 3. The topological polar surface area (TPSA) is 89.9 Å². The molecule has 6 heteroatoms. The van der Waals surface area contributed by atoms with Gasteiger partial charge in [0.1, 0.15) is 28.9 Å². The van der Waals surface area contributed by atoms with Crippen molar-refractivity contribution in [3.8, 4) is 28.2 Å². The molecule has 0 amide bonds. The summed E-state index contributed by atoms with van der Waals surface area (Å²) in [5.74, 6) is 0.0876. The fourth-order valence-corrected chi connectivity index (χ4v) is 3.95. The summed E-state index contributed by atoms with van der Waals surface area (Å²) in [6.07, 6.45) is 1.14. The van der Waals surface area contributed by atoms with E-state index < -0.39 is 5.97 Å². The zero-order valence-corrected chi connectivity index (χ0v) is 17.1. The molecule has 158 valence electrons. The van der Waals surface area contributed by atoms with Gasteiger partial charge in [-0.05, 0) is 42.0 Å². The fourth-order valence-electron chi connectivity index (χ4n) is 3.95. The first kappa shape index (κ1) is 19.6. The average Bonchev–Trinajstić information content (AvgIpc) is 3.18. The monoisotopic (exact) mass is 426 g/mol. The van der Waals surface area contributed by atoms with E-state index in [1.165, 1.54) is 6.26 Å². The first-order valence-corrected chi connectivity index (χ1v) is 9.98. The van der Waals surface area contributed by atoms with Crippen LogP contribution in [0.5, 0.6) is 5.75 Å². The lowest BCUT2D eigenvalue weighted by Gasteiger charge is -2.05. The van der Waals surface area contributed by atoms with Gasteiger partial charge >= 0.3 is 5.97 Å². The third kappa shape index (κ3) is 3.22. The molecule has 0 bridgehead atoms. The highest BCUT2D eigenvalue weighted by Gasteiger charge is 2.23. The SMILES string of the molecule is COc1ccc(-c2oc3ccc4c(=O)c(-c5ccccc5)coc4c3c2CC(=O)O)cc1. The van der Waals surface area contributed by atoms with E-state index in [0.717, 1.165) is 5.56 Å². The van der Waals surface area contributed by atoms with Crippen LogP contribution in [0.25, 0.3) is 44.4 Å². The molecule has 0 saturated heterocycles. The number of carbonyl (C=O) groups is 1. The van der Waals surface area contributed by atoms with Crippen LogP contribution in [0.2, 0.25) is 0 Å². The molecular formula is C26H18O6. The fraction of sp³-hybridized carbons (Fsp3) is 0.0769. The van der Waals surface area contributed by atoms with Crippen molar-refractivity contribution in [2.24, 2.45) is 0 Å². The third-order valence-corrected chi connectivity index (χ3v) is 5.46. The van der Waals surface area contributed by atoms with Crippen LogP contribution < -0.4 is 10.2 Å². The van der Waals surface area contributed by atoms with Gasteiger partial charge in [0.2, 0.25) is 5.43 Å². The maximum Gasteiger partial charge on any atom is 0.307 e. The molecular weight excluding hydrogens is 408 g/mol. The number of hydrogen-bond donors (Lipinski definition) is 1. The van der Waals surface area contributed by atoms with Crippen molar-refractivity contribution in [3.63, 3.8) is 0 Å². The van der Waals surface area contributed by atoms with Crippen LogP contribution in [0, 0.1) is 0 Å². The number of aliphatic carboxylic acids is 1. The second-order valence-corrected chi connectivity index (χ2v) is 7.37. The maximum absolute atomic E-state index is 13.2. The van der Waals surface area contributed by atoms with Crippen molar-refractivity contribution in [1.29, 1.82) is 0 Å². The first-order chi connectivity index (χ1) is 15.6. The van der Waals surface area contributed by atoms with Gasteiger partial charge in [-0.3, -0.25) is 9.59 Å². The molecule has 2 heterocycles. The van der Waals surface area contributed by atoms with Gasteiger partial charge in [-0.2, -0.15) is 0 Å². The van der Waals surface area contributed by atoms with E-state index in [-0.39, 0.29) is 11.8 Å². The Balaban J connectivity index is 1.78. The number of methoxy groups -OCH3 is 1. The van der Waals surface area contributed by atoms with Crippen molar-refractivity contribution in [1.82, 2.24) is 0 Å². The Bertz CT molecular complexity index is 1510. The van der Waals surface area contributed by atoms with Crippen LogP contribution in [0.15, 0.2) is 86.6 Å². The summed E-state index contributed by atoms with van der Waals surface area (Å²) >= 11 is 0. The second kappa shape index (κ2) is 7.74. The Kier molecular flexibility index (Phi) is 4.75. The predicted octanol–water partition coefficient (Wildman–Crippen LogP) is 5.51. The molecule has 0 radical (unpaired) electrons. The Morgan fingerprint density at radius 3 is 2.41 bits per heavy atom. The minimum Gasteiger partial charge on any atom is -0.497 e. The molecule has 32 heavy (non-hydrogen) atoms. The van der Waals surface area contributed by atoms with E-state index in [4.69, 9.17) is 13.6 Å². The Morgan fingerprint density at radius 1 is 0.969 bits per heavy atom. The van der Waals surface area contributed by atoms with E-state index in [0.29, 0.717) is 50.1 Å². The lowest BCUT2D eigenvalue weighted by Crippen LogP contribution is -2.05. The molecule has 0 aliphatic carbocycles. The molecule has 0 spiro atoms. The summed E-state index contributed by atoms with van der Waals surface area (Å²) in [4.78, 5) is 24.9. The molecule has 0 atom stereocenters. The highest BCUT2D eigenvalue weighted by Crippen LogP contribution is 2.38. The maximum atomic E-state index is 13.2. The van der Waals surface area contributed by atoms with Crippen LogP contribution in [-0.4, -0.2) is 18.2 Å². The van der Waals surface area contributed by atoms with E-state index in [1.54, 1.807) is 43.5 Å². The summed E-state index contributed by atoms with van der Waals surface area (Å²) in [6, 6.07) is 19.7. The van der Waals surface area contributed by atoms with Gasteiger partial charge in [0.25, 0.3) is 0 Å². The number of carboxylic acids is 1. The summed E-state index contributed by atoms with van der Waals surface area (Å²) in [5, 5.41) is 10.4. The minimum atomic E-state index is -1.01. The lowest BCUT2D eigenvalue weighted by molar-refractivity contribution is -0.136. The van der Waals surface area contributed by atoms with Crippen molar-refractivity contribution < 1.29 is 23.5 Å². The number of ether oxygens (including phenoxy) is 1. The Hall–Kier alpha value is -4.32. The number of furan rings is 1. The summed E-state index contributed by atoms with van der Waals surface area (Å²) in [7, 11) is 1.57. The first-order valence-electron chi connectivity index (χ1n) is 9.98. The predicted molar refractivity (Wildman–Crippen MR) is 121 cm³/mol. The normalized spacial score (nSPS) is 11.2. The lowest BCUT2D eigenvalue weighted by atomic mass is 10.00. The van der Waals surface area contributed by atoms with Gasteiger partial charge in [0.05, 0.1) is 29.9 Å². The quantitative estimate of drug-likeness (QED) is 0.399. The molecule has 1 N–H and O–H groups in total. The van der Waals surface area contributed by atoms with Gasteiger partial charge in [-0.25, -0.2) is 0 Å². The highest BCUT2D eigenvalue weighted by atomic mass is 16.5. The van der Waals surface area contributed by atoms with Gasteiger partial charge < -0.3 is 18.7 Å². The minimum absolute atomic E-state index is 0.187. The molecule has 0 fully saturated rings.